The molecule has 1 aromatic carbocycles. The van der Waals surface area contributed by atoms with Crippen molar-refractivity contribution < 1.29 is 19.4 Å². The molecule has 1 amide bonds. The van der Waals surface area contributed by atoms with Crippen molar-refractivity contribution in [3.63, 3.8) is 0 Å². The van der Waals surface area contributed by atoms with Gasteiger partial charge in [-0.3, -0.25) is 4.79 Å². The highest BCUT2D eigenvalue weighted by molar-refractivity contribution is 5.90. The average molecular weight is 328 g/mol. The number of rotatable bonds is 2. The maximum Gasteiger partial charge on any atom is 0.335 e. The molecule has 1 aromatic rings. The molecular weight excluding hydrogens is 308 g/mol. The van der Waals surface area contributed by atoms with Gasteiger partial charge in [-0.25, -0.2) is 4.79 Å². The van der Waals surface area contributed by atoms with Crippen LogP contribution in [0.15, 0.2) is 30.4 Å². The summed E-state index contributed by atoms with van der Waals surface area (Å²) in [6.07, 6.45) is 5.03. The Morgan fingerprint density at radius 3 is 2.79 bits per heavy atom. The minimum absolute atomic E-state index is 0.0931. The highest BCUT2D eigenvalue weighted by atomic mass is 16.5. The Labute approximate surface area is 140 Å². The third-order valence-corrected chi connectivity index (χ3v) is 5.20. The molecule has 0 saturated carbocycles. The number of morpholine rings is 1. The van der Waals surface area contributed by atoms with Crippen molar-refractivity contribution in [2.45, 2.75) is 18.4 Å². The number of aromatic carboxylic acids is 1. The second-order valence-corrected chi connectivity index (χ2v) is 6.52. The fourth-order valence-electron chi connectivity index (χ4n) is 3.95. The molecular formula is C18H20N2O4. The monoisotopic (exact) mass is 328 g/mol. The normalized spacial score (nSPS) is 28.0. The van der Waals surface area contributed by atoms with E-state index in [1.54, 1.807) is 18.2 Å². The zero-order valence-electron chi connectivity index (χ0n) is 13.3. The van der Waals surface area contributed by atoms with Crippen molar-refractivity contribution in [3.05, 3.63) is 41.5 Å². The summed E-state index contributed by atoms with van der Waals surface area (Å²) in [6, 6.07) is 4.82. The lowest BCUT2D eigenvalue weighted by Gasteiger charge is -2.39. The van der Waals surface area contributed by atoms with E-state index in [0.717, 1.165) is 17.7 Å². The van der Waals surface area contributed by atoms with Crippen molar-refractivity contribution in [3.8, 4) is 0 Å². The van der Waals surface area contributed by atoms with Gasteiger partial charge in [0.2, 0.25) is 5.91 Å². The Hall–Kier alpha value is -2.34. The molecule has 24 heavy (non-hydrogen) atoms. The number of carboxylic acid groups (broad SMARTS) is 1. The van der Waals surface area contributed by atoms with Gasteiger partial charge >= 0.3 is 5.97 Å². The van der Waals surface area contributed by atoms with Crippen molar-refractivity contribution in [1.82, 2.24) is 4.90 Å². The number of fused-ring (bicyclic) bond motifs is 3. The summed E-state index contributed by atoms with van der Waals surface area (Å²) in [4.78, 5) is 26.1. The standard InChI is InChI=1S/C18H20N2O4/c21-17(20-6-8-24-9-7-20)16-13-3-1-2-12(13)14-10-11(18(22)23)4-5-15(14)19-16/h1-2,4-5,10,12-13,16,19H,3,6-9H2,(H,22,23). The number of anilines is 1. The number of ether oxygens (including phenoxy) is 1. The maximum absolute atomic E-state index is 13.0. The van der Waals surface area contributed by atoms with Crippen LogP contribution in [0, 0.1) is 5.92 Å². The molecule has 3 unspecified atom stereocenters. The van der Waals surface area contributed by atoms with Crippen molar-refractivity contribution in [2.75, 3.05) is 31.6 Å². The van der Waals surface area contributed by atoms with E-state index in [4.69, 9.17) is 4.74 Å². The molecule has 1 fully saturated rings. The highest BCUT2D eigenvalue weighted by Gasteiger charge is 2.42. The van der Waals surface area contributed by atoms with Crippen LogP contribution in [0.3, 0.4) is 0 Å². The Kier molecular flexibility index (Phi) is 3.76. The number of benzene rings is 1. The molecule has 3 aliphatic rings. The van der Waals surface area contributed by atoms with Crippen molar-refractivity contribution >= 4 is 17.6 Å². The minimum Gasteiger partial charge on any atom is -0.478 e. The number of carbonyl (C=O) groups excluding carboxylic acids is 1. The van der Waals surface area contributed by atoms with Gasteiger partial charge in [0.1, 0.15) is 6.04 Å². The first-order valence-corrected chi connectivity index (χ1v) is 8.32. The fraction of sp³-hybridized carbons (Fsp3) is 0.444. The zero-order chi connectivity index (χ0) is 16.7. The van der Waals surface area contributed by atoms with Gasteiger partial charge in [0.25, 0.3) is 0 Å². The lowest BCUT2D eigenvalue weighted by molar-refractivity contribution is -0.137. The molecule has 1 saturated heterocycles. The molecule has 0 radical (unpaired) electrons. The number of carbonyl (C=O) groups is 2. The molecule has 1 aliphatic carbocycles. The molecule has 6 nitrogen and oxygen atoms in total. The Morgan fingerprint density at radius 2 is 2.04 bits per heavy atom. The van der Waals surface area contributed by atoms with E-state index >= 15 is 0 Å². The van der Waals surface area contributed by atoms with Crippen LogP contribution in [0.25, 0.3) is 0 Å². The highest BCUT2D eigenvalue weighted by Crippen LogP contribution is 2.45. The summed E-state index contributed by atoms with van der Waals surface area (Å²) in [5, 5.41) is 12.6. The Morgan fingerprint density at radius 1 is 1.25 bits per heavy atom. The molecule has 2 aliphatic heterocycles. The predicted molar refractivity (Wildman–Crippen MR) is 88.2 cm³/mol. The number of nitrogens with zero attached hydrogens (tertiary/aromatic N) is 1. The topological polar surface area (TPSA) is 78.9 Å². The fourth-order valence-corrected chi connectivity index (χ4v) is 3.95. The summed E-state index contributed by atoms with van der Waals surface area (Å²) < 4.78 is 5.33. The summed E-state index contributed by atoms with van der Waals surface area (Å²) in [5.41, 5.74) is 2.12. The van der Waals surface area contributed by atoms with Crippen LogP contribution in [0.1, 0.15) is 28.3 Å². The quantitative estimate of drug-likeness (QED) is 0.808. The average Bonchev–Trinajstić information content (AvgIpc) is 3.10. The van der Waals surface area contributed by atoms with Crippen molar-refractivity contribution in [1.29, 1.82) is 0 Å². The number of amides is 1. The van der Waals surface area contributed by atoms with Crippen LogP contribution in [0.2, 0.25) is 0 Å². The van der Waals surface area contributed by atoms with Crippen LogP contribution in [-0.2, 0) is 9.53 Å². The van der Waals surface area contributed by atoms with Crippen LogP contribution in [0.5, 0.6) is 0 Å². The van der Waals surface area contributed by atoms with Gasteiger partial charge in [0.15, 0.2) is 0 Å². The Balaban J connectivity index is 1.65. The van der Waals surface area contributed by atoms with Crippen molar-refractivity contribution in [2.24, 2.45) is 5.92 Å². The molecule has 0 bridgehead atoms. The number of nitrogens with one attached hydrogen (secondary N) is 1. The third kappa shape index (κ3) is 2.47. The van der Waals surface area contributed by atoms with Gasteiger partial charge in [0.05, 0.1) is 18.8 Å². The van der Waals surface area contributed by atoms with Gasteiger partial charge in [-0.15, -0.1) is 0 Å². The first-order valence-electron chi connectivity index (χ1n) is 8.32. The second-order valence-electron chi connectivity index (χ2n) is 6.52. The lowest BCUT2D eigenvalue weighted by atomic mass is 9.78. The van der Waals surface area contributed by atoms with Gasteiger partial charge < -0.3 is 20.1 Å². The van der Waals surface area contributed by atoms with Gasteiger partial charge in [-0.2, -0.15) is 0 Å². The molecule has 2 N–H and O–H groups in total. The molecule has 126 valence electrons. The first kappa shape index (κ1) is 15.2. The molecule has 4 rings (SSSR count). The maximum atomic E-state index is 13.0. The number of carboxylic acids is 1. The van der Waals surface area contributed by atoms with E-state index in [1.165, 1.54) is 0 Å². The third-order valence-electron chi connectivity index (χ3n) is 5.20. The van der Waals surface area contributed by atoms with E-state index in [2.05, 4.69) is 17.5 Å². The van der Waals surface area contributed by atoms with Gasteiger partial charge in [-0.05, 0) is 30.2 Å². The largest absolute Gasteiger partial charge is 0.478 e. The van der Waals surface area contributed by atoms with E-state index in [9.17, 15) is 14.7 Å². The SMILES string of the molecule is O=C(O)c1ccc2c(c1)C1C=CCC1C(C(=O)N1CCOCC1)N2. The molecule has 6 heteroatoms. The van der Waals surface area contributed by atoms with Gasteiger partial charge in [-0.1, -0.05) is 12.2 Å². The predicted octanol–water partition coefficient (Wildman–Crippen LogP) is 1.70. The van der Waals surface area contributed by atoms with E-state index in [-0.39, 0.29) is 29.3 Å². The molecule has 2 heterocycles. The number of allylic oxidation sites excluding steroid dienone is 2. The van der Waals surface area contributed by atoms with Crippen LogP contribution in [0.4, 0.5) is 5.69 Å². The molecule has 0 aromatic heterocycles. The second kappa shape index (κ2) is 5.94. The van der Waals surface area contributed by atoms with Crippen LogP contribution >= 0.6 is 0 Å². The zero-order valence-corrected chi connectivity index (χ0v) is 13.3. The summed E-state index contributed by atoms with van der Waals surface area (Å²) in [5.74, 6) is -0.583. The van der Waals surface area contributed by atoms with E-state index in [0.29, 0.717) is 26.3 Å². The lowest BCUT2D eigenvalue weighted by Crippen LogP contribution is -2.52. The minimum atomic E-state index is -0.928. The summed E-state index contributed by atoms with van der Waals surface area (Å²) >= 11 is 0. The smallest absolute Gasteiger partial charge is 0.335 e. The molecule has 0 spiro atoms. The van der Waals surface area contributed by atoms with Gasteiger partial charge in [0, 0.05) is 30.6 Å². The first-order chi connectivity index (χ1) is 11.6. The summed E-state index contributed by atoms with van der Waals surface area (Å²) in [7, 11) is 0. The Bertz CT molecular complexity index is 709. The van der Waals surface area contributed by atoms with Crippen LogP contribution < -0.4 is 5.32 Å². The van der Waals surface area contributed by atoms with E-state index in [1.807, 2.05) is 4.90 Å². The summed E-state index contributed by atoms with van der Waals surface area (Å²) in [6.45, 7) is 2.44. The van der Waals surface area contributed by atoms with E-state index < -0.39 is 5.97 Å². The molecule has 3 atom stereocenters. The number of hydrogen-bond acceptors (Lipinski definition) is 4. The number of hydrogen-bond donors (Lipinski definition) is 2. The van der Waals surface area contributed by atoms with Crippen LogP contribution in [-0.4, -0.2) is 54.2 Å².